The van der Waals surface area contributed by atoms with Crippen molar-refractivity contribution >= 4 is 17.3 Å². The molecule has 1 N–H and O–H groups in total. The Morgan fingerprint density at radius 1 is 0.971 bits per heavy atom. The zero-order valence-corrected chi connectivity index (χ0v) is 18.3. The van der Waals surface area contributed by atoms with E-state index in [-0.39, 0.29) is 12.4 Å². The second kappa shape index (κ2) is 9.82. The second-order valence-corrected chi connectivity index (χ2v) is 7.66. The predicted molar refractivity (Wildman–Crippen MR) is 124 cm³/mol. The zero-order valence-electron chi connectivity index (χ0n) is 18.3. The first-order chi connectivity index (χ1) is 16.3. The SMILES string of the molecule is COC(=O)Cc1cc(-c2ccccc2Nc2ccc(C(F)(F)F)cc2)nn1Cc1ccccc1. The smallest absolute Gasteiger partial charge is 0.416 e. The number of para-hydroxylation sites is 1. The maximum absolute atomic E-state index is 12.9. The summed E-state index contributed by atoms with van der Waals surface area (Å²) in [5.74, 6) is -0.378. The molecule has 174 valence electrons. The Kier molecular flexibility index (Phi) is 6.67. The van der Waals surface area contributed by atoms with Crippen LogP contribution in [0.5, 0.6) is 0 Å². The number of carbonyl (C=O) groups is 1. The molecular formula is C26H22F3N3O2. The predicted octanol–water partition coefficient (Wildman–Crippen LogP) is 6.08. The first-order valence-electron chi connectivity index (χ1n) is 10.5. The van der Waals surface area contributed by atoms with Gasteiger partial charge in [0.2, 0.25) is 0 Å². The summed E-state index contributed by atoms with van der Waals surface area (Å²) in [6.45, 7) is 0.474. The van der Waals surface area contributed by atoms with Crippen molar-refractivity contribution < 1.29 is 22.7 Å². The van der Waals surface area contributed by atoms with Crippen LogP contribution in [0.25, 0.3) is 11.3 Å². The van der Waals surface area contributed by atoms with Gasteiger partial charge in [-0.05, 0) is 42.0 Å². The summed E-state index contributed by atoms with van der Waals surface area (Å²) in [7, 11) is 1.34. The number of hydrogen-bond donors (Lipinski definition) is 1. The largest absolute Gasteiger partial charge is 0.469 e. The van der Waals surface area contributed by atoms with Gasteiger partial charge in [-0.3, -0.25) is 9.48 Å². The van der Waals surface area contributed by atoms with E-state index >= 15 is 0 Å². The molecule has 1 heterocycles. The van der Waals surface area contributed by atoms with E-state index < -0.39 is 11.7 Å². The minimum atomic E-state index is -4.39. The molecule has 0 saturated heterocycles. The molecule has 0 fully saturated rings. The van der Waals surface area contributed by atoms with Gasteiger partial charge in [0.05, 0.1) is 37.0 Å². The maximum atomic E-state index is 12.9. The van der Waals surface area contributed by atoms with E-state index in [0.717, 1.165) is 23.3 Å². The van der Waals surface area contributed by atoms with Gasteiger partial charge in [0.1, 0.15) is 0 Å². The summed E-state index contributed by atoms with van der Waals surface area (Å²) in [5.41, 5.74) is 3.58. The average molecular weight is 465 g/mol. The molecule has 0 spiro atoms. The number of alkyl halides is 3. The van der Waals surface area contributed by atoms with Crippen molar-refractivity contribution in [3.63, 3.8) is 0 Å². The Labute approximate surface area is 194 Å². The van der Waals surface area contributed by atoms with Gasteiger partial charge in [-0.1, -0.05) is 48.5 Å². The summed E-state index contributed by atoms with van der Waals surface area (Å²) in [6, 6.07) is 23.8. The van der Waals surface area contributed by atoms with Crippen molar-refractivity contribution in [1.29, 1.82) is 0 Å². The van der Waals surface area contributed by atoms with Gasteiger partial charge in [0.15, 0.2) is 0 Å². The van der Waals surface area contributed by atoms with Gasteiger partial charge in [0, 0.05) is 16.9 Å². The van der Waals surface area contributed by atoms with Gasteiger partial charge < -0.3 is 10.1 Å². The van der Waals surface area contributed by atoms with Crippen LogP contribution in [0, 0.1) is 0 Å². The van der Waals surface area contributed by atoms with Crippen molar-refractivity contribution in [3.05, 3.63) is 102 Å². The Bertz CT molecular complexity index is 1270. The molecule has 0 unspecified atom stereocenters. The van der Waals surface area contributed by atoms with E-state index in [1.54, 1.807) is 4.68 Å². The van der Waals surface area contributed by atoms with Crippen LogP contribution in [0.4, 0.5) is 24.5 Å². The van der Waals surface area contributed by atoms with Crippen molar-refractivity contribution in [2.45, 2.75) is 19.1 Å². The van der Waals surface area contributed by atoms with Crippen molar-refractivity contribution in [2.24, 2.45) is 0 Å². The Morgan fingerprint density at radius 3 is 2.32 bits per heavy atom. The lowest BCUT2D eigenvalue weighted by atomic mass is 10.1. The molecule has 0 atom stereocenters. The third-order valence-electron chi connectivity index (χ3n) is 5.29. The van der Waals surface area contributed by atoms with Crippen molar-refractivity contribution in [2.75, 3.05) is 12.4 Å². The number of rotatable bonds is 7. The fraction of sp³-hybridized carbons (Fsp3) is 0.154. The van der Waals surface area contributed by atoms with E-state index in [4.69, 9.17) is 9.84 Å². The van der Waals surface area contributed by atoms with Gasteiger partial charge in [0.25, 0.3) is 0 Å². The quantitative estimate of drug-likeness (QED) is 0.336. The lowest BCUT2D eigenvalue weighted by Gasteiger charge is -2.12. The van der Waals surface area contributed by atoms with Gasteiger partial charge in [-0.15, -0.1) is 0 Å². The molecule has 34 heavy (non-hydrogen) atoms. The molecule has 0 aliphatic heterocycles. The number of carbonyl (C=O) groups excluding carboxylic acids is 1. The molecule has 4 aromatic rings. The fourth-order valence-electron chi connectivity index (χ4n) is 3.56. The van der Waals surface area contributed by atoms with Gasteiger partial charge in [-0.25, -0.2) is 0 Å². The lowest BCUT2D eigenvalue weighted by Crippen LogP contribution is -2.12. The van der Waals surface area contributed by atoms with Crippen LogP contribution in [0.1, 0.15) is 16.8 Å². The minimum absolute atomic E-state index is 0.0604. The van der Waals surface area contributed by atoms with Crippen molar-refractivity contribution in [1.82, 2.24) is 9.78 Å². The summed E-state index contributed by atoms with van der Waals surface area (Å²) >= 11 is 0. The molecular weight excluding hydrogens is 443 g/mol. The highest BCUT2D eigenvalue weighted by Crippen LogP contribution is 2.33. The zero-order chi connectivity index (χ0) is 24.1. The van der Waals surface area contributed by atoms with Crippen LogP contribution < -0.4 is 5.32 Å². The first kappa shape index (κ1) is 23.1. The number of esters is 1. The third-order valence-corrected chi connectivity index (χ3v) is 5.29. The number of benzene rings is 3. The number of halogens is 3. The molecule has 0 radical (unpaired) electrons. The number of anilines is 2. The Balaban J connectivity index is 1.66. The highest BCUT2D eigenvalue weighted by atomic mass is 19.4. The van der Waals surface area contributed by atoms with Crippen LogP contribution in [0.15, 0.2) is 84.9 Å². The molecule has 0 aliphatic carbocycles. The summed E-state index contributed by atoms with van der Waals surface area (Å²) in [5, 5.41) is 7.90. The van der Waals surface area contributed by atoms with E-state index in [2.05, 4.69) is 5.32 Å². The standard InChI is InChI=1S/C26H22F3N3O2/c1-34-25(33)16-21-15-24(31-32(21)17-18-7-3-2-4-8-18)22-9-5-6-10-23(22)30-20-13-11-19(12-14-20)26(27,28)29/h2-15,30H,16-17H2,1H3. The van der Waals surface area contributed by atoms with Gasteiger partial charge >= 0.3 is 12.1 Å². The van der Waals surface area contributed by atoms with Crippen LogP contribution in [0.3, 0.4) is 0 Å². The fourth-order valence-corrected chi connectivity index (χ4v) is 3.56. The second-order valence-electron chi connectivity index (χ2n) is 7.66. The van der Waals surface area contributed by atoms with E-state index in [0.29, 0.717) is 29.3 Å². The van der Waals surface area contributed by atoms with E-state index in [1.807, 2.05) is 60.7 Å². The van der Waals surface area contributed by atoms with Crippen molar-refractivity contribution in [3.8, 4) is 11.3 Å². The molecule has 5 nitrogen and oxygen atoms in total. The number of nitrogens with zero attached hydrogens (tertiary/aromatic N) is 2. The molecule has 0 saturated carbocycles. The molecule has 8 heteroatoms. The van der Waals surface area contributed by atoms with Crippen LogP contribution >= 0.6 is 0 Å². The van der Waals surface area contributed by atoms with Crippen LogP contribution in [-0.2, 0) is 28.7 Å². The normalized spacial score (nSPS) is 11.3. The topological polar surface area (TPSA) is 56.1 Å². The minimum Gasteiger partial charge on any atom is -0.469 e. The summed E-state index contributed by atoms with van der Waals surface area (Å²) in [6.07, 6.45) is -4.33. The van der Waals surface area contributed by atoms with Crippen LogP contribution in [-0.4, -0.2) is 22.9 Å². The van der Waals surface area contributed by atoms with Crippen LogP contribution in [0.2, 0.25) is 0 Å². The monoisotopic (exact) mass is 465 g/mol. The Morgan fingerprint density at radius 2 is 1.65 bits per heavy atom. The number of aromatic nitrogens is 2. The van der Waals surface area contributed by atoms with Gasteiger partial charge in [-0.2, -0.15) is 18.3 Å². The molecule has 1 aromatic heterocycles. The summed E-state index contributed by atoms with van der Waals surface area (Å²) in [4.78, 5) is 12.0. The van der Waals surface area contributed by atoms with E-state index in [1.165, 1.54) is 19.2 Å². The number of hydrogen-bond acceptors (Lipinski definition) is 4. The number of nitrogens with one attached hydrogen (secondary N) is 1. The Hall–Kier alpha value is -4.07. The number of methoxy groups -OCH3 is 1. The third kappa shape index (κ3) is 5.46. The molecule has 3 aromatic carbocycles. The molecule has 0 bridgehead atoms. The first-order valence-corrected chi connectivity index (χ1v) is 10.5. The highest BCUT2D eigenvalue weighted by Gasteiger charge is 2.30. The lowest BCUT2D eigenvalue weighted by molar-refractivity contribution is -0.140. The maximum Gasteiger partial charge on any atom is 0.416 e. The number of ether oxygens (including phenoxy) is 1. The molecule has 0 amide bonds. The molecule has 0 aliphatic rings. The molecule has 4 rings (SSSR count). The summed E-state index contributed by atoms with van der Waals surface area (Å²) < 4.78 is 45.2. The highest BCUT2D eigenvalue weighted by molar-refractivity contribution is 5.80. The average Bonchev–Trinajstić information content (AvgIpc) is 3.21. The van der Waals surface area contributed by atoms with E-state index in [9.17, 15) is 18.0 Å².